The van der Waals surface area contributed by atoms with Crippen LogP contribution in [0.3, 0.4) is 0 Å². The Morgan fingerprint density at radius 3 is 3.12 bits per heavy atom. The number of H-pyrrole nitrogens is 1. The van der Waals surface area contributed by atoms with E-state index in [-0.39, 0.29) is 0 Å². The number of nitrogens with zero attached hydrogens (tertiary/aromatic N) is 4. The molecular weight excluding hydrogens is 208 g/mol. The second kappa shape index (κ2) is 3.30. The number of hydrogen-bond acceptors (Lipinski definition) is 6. The van der Waals surface area contributed by atoms with E-state index in [2.05, 4.69) is 30.6 Å². The number of aromatic nitrogens is 5. The lowest BCUT2D eigenvalue weighted by atomic mass is 10.4. The molecule has 0 spiro atoms. The van der Waals surface area contributed by atoms with Crippen LogP contribution in [-0.4, -0.2) is 25.3 Å². The van der Waals surface area contributed by atoms with Crippen LogP contribution in [0, 0.1) is 6.92 Å². The van der Waals surface area contributed by atoms with Crippen LogP contribution in [0.25, 0.3) is 11.0 Å². The van der Waals surface area contributed by atoms with Crippen molar-refractivity contribution in [3.63, 3.8) is 0 Å². The molecule has 0 radical (unpaired) electrons. The van der Waals surface area contributed by atoms with Gasteiger partial charge in [-0.1, -0.05) is 5.16 Å². The Morgan fingerprint density at radius 1 is 1.38 bits per heavy atom. The van der Waals surface area contributed by atoms with Crippen LogP contribution >= 0.6 is 0 Å². The summed E-state index contributed by atoms with van der Waals surface area (Å²) in [6, 6.07) is 1.79. The number of nitrogens with one attached hydrogen (secondary N) is 2. The summed E-state index contributed by atoms with van der Waals surface area (Å²) in [6.07, 6.45) is 3.11. The summed E-state index contributed by atoms with van der Waals surface area (Å²) in [4.78, 5) is 8.16. The van der Waals surface area contributed by atoms with E-state index in [4.69, 9.17) is 4.52 Å². The molecule has 7 heteroatoms. The fourth-order valence-corrected chi connectivity index (χ4v) is 1.41. The fraction of sp³-hybridized carbons (Fsp3) is 0.111. The van der Waals surface area contributed by atoms with Crippen LogP contribution in [0.2, 0.25) is 0 Å². The normalized spacial score (nSPS) is 10.8. The van der Waals surface area contributed by atoms with Crippen molar-refractivity contribution >= 4 is 22.7 Å². The van der Waals surface area contributed by atoms with E-state index < -0.39 is 0 Å². The molecule has 0 unspecified atom stereocenters. The van der Waals surface area contributed by atoms with Crippen LogP contribution in [0.5, 0.6) is 0 Å². The van der Waals surface area contributed by atoms with Crippen LogP contribution in [0.1, 0.15) is 5.76 Å². The lowest BCUT2D eigenvalue weighted by molar-refractivity contribution is 0.400. The number of anilines is 2. The van der Waals surface area contributed by atoms with Crippen LogP contribution in [0.15, 0.2) is 23.1 Å². The molecule has 3 heterocycles. The minimum Gasteiger partial charge on any atom is -0.360 e. The Kier molecular flexibility index (Phi) is 1.82. The molecule has 80 valence electrons. The van der Waals surface area contributed by atoms with Gasteiger partial charge in [-0.05, 0) is 6.92 Å². The van der Waals surface area contributed by atoms with Crippen LogP contribution in [-0.2, 0) is 0 Å². The minimum atomic E-state index is 0.610. The van der Waals surface area contributed by atoms with Crippen molar-refractivity contribution in [2.45, 2.75) is 6.92 Å². The molecule has 0 aromatic carbocycles. The van der Waals surface area contributed by atoms with Gasteiger partial charge in [0.25, 0.3) is 0 Å². The molecule has 0 atom stereocenters. The molecule has 0 bridgehead atoms. The number of aryl methyl sites for hydroxylation is 1. The van der Waals surface area contributed by atoms with Gasteiger partial charge in [0.2, 0.25) is 0 Å². The van der Waals surface area contributed by atoms with Gasteiger partial charge in [0.15, 0.2) is 11.5 Å². The highest BCUT2D eigenvalue weighted by atomic mass is 16.5. The SMILES string of the molecule is Cc1cc(Nc2ncnc3[nH]ncc23)no1. The Balaban J connectivity index is 2.03. The molecule has 0 aliphatic heterocycles. The predicted molar refractivity (Wildman–Crippen MR) is 56.2 cm³/mol. The van der Waals surface area contributed by atoms with Crippen molar-refractivity contribution < 1.29 is 4.52 Å². The third-order valence-electron chi connectivity index (χ3n) is 2.12. The molecule has 16 heavy (non-hydrogen) atoms. The quantitative estimate of drug-likeness (QED) is 0.672. The van der Waals surface area contributed by atoms with Crippen molar-refractivity contribution in [1.29, 1.82) is 0 Å². The van der Waals surface area contributed by atoms with E-state index in [0.717, 1.165) is 11.1 Å². The maximum atomic E-state index is 4.95. The van der Waals surface area contributed by atoms with Gasteiger partial charge in [0.05, 0.1) is 11.6 Å². The largest absolute Gasteiger partial charge is 0.360 e. The monoisotopic (exact) mass is 216 g/mol. The summed E-state index contributed by atoms with van der Waals surface area (Å²) < 4.78 is 4.95. The Labute approximate surface area is 89.9 Å². The molecule has 0 fully saturated rings. The zero-order valence-corrected chi connectivity index (χ0v) is 8.43. The molecule has 0 amide bonds. The van der Waals surface area contributed by atoms with Crippen molar-refractivity contribution in [1.82, 2.24) is 25.3 Å². The van der Waals surface area contributed by atoms with E-state index >= 15 is 0 Å². The van der Waals surface area contributed by atoms with Crippen LogP contribution in [0.4, 0.5) is 11.6 Å². The van der Waals surface area contributed by atoms with Gasteiger partial charge in [0, 0.05) is 6.07 Å². The maximum absolute atomic E-state index is 4.95. The first-order valence-corrected chi connectivity index (χ1v) is 4.67. The first kappa shape index (κ1) is 8.84. The second-order valence-electron chi connectivity index (χ2n) is 3.30. The van der Waals surface area contributed by atoms with Crippen molar-refractivity contribution in [3.05, 3.63) is 24.4 Å². The molecule has 0 aliphatic carbocycles. The number of fused-ring (bicyclic) bond motifs is 1. The van der Waals surface area contributed by atoms with Crippen molar-refractivity contribution in [2.75, 3.05) is 5.32 Å². The first-order valence-electron chi connectivity index (χ1n) is 4.67. The number of rotatable bonds is 2. The maximum Gasteiger partial charge on any atom is 0.175 e. The lowest BCUT2D eigenvalue weighted by Crippen LogP contribution is -1.94. The first-order chi connectivity index (χ1) is 7.83. The van der Waals surface area contributed by atoms with Crippen molar-refractivity contribution in [3.8, 4) is 0 Å². The molecule has 0 saturated heterocycles. The Bertz CT molecular complexity index is 628. The molecular formula is C9H8N6O. The zero-order chi connectivity index (χ0) is 11.0. The van der Waals surface area contributed by atoms with Gasteiger partial charge in [-0.2, -0.15) is 5.10 Å². The molecule has 3 aromatic heterocycles. The Hall–Kier alpha value is -2.44. The molecule has 7 nitrogen and oxygen atoms in total. The average Bonchev–Trinajstić information content (AvgIpc) is 2.87. The lowest BCUT2D eigenvalue weighted by Gasteiger charge is -2.00. The van der Waals surface area contributed by atoms with Gasteiger partial charge in [-0.25, -0.2) is 9.97 Å². The minimum absolute atomic E-state index is 0.610. The van der Waals surface area contributed by atoms with Crippen molar-refractivity contribution in [2.24, 2.45) is 0 Å². The zero-order valence-electron chi connectivity index (χ0n) is 8.43. The second-order valence-corrected chi connectivity index (χ2v) is 3.30. The van der Waals surface area contributed by atoms with Crippen LogP contribution < -0.4 is 5.32 Å². The molecule has 0 saturated carbocycles. The fourth-order valence-electron chi connectivity index (χ4n) is 1.41. The molecule has 0 aliphatic rings. The summed E-state index contributed by atoms with van der Waals surface area (Å²) in [6.45, 7) is 1.82. The highest BCUT2D eigenvalue weighted by Crippen LogP contribution is 2.20. The topological polar surface area (TPSA) is 92.5 Å². The third kappa shape index (κ3) is 1.38. The summed E-state index contributed by atoms with van der Waals surface area (Å²) in [7, 11) is 0. The Morgan fingerprint density at radius 2 is 2.31 bits per heavy atom. The molecule has 3 aromatic rings. The summed E-state index contributed by atoms with van der Waals surface area (Å²) >= 11 is 0. The standard InChI is InChI=1S/C9H8N6O/c1-5-2-7(15-16-5)13-8-6-3-12-14-9(6)11-4-10-8/h2-4H,1H3,(H2,10,11,12,13,14,15). The van der Waals surface area contributed by atoms with E-state index in [1.54, 1.807) is 12.3 Å². The van der Waals surface area contributed by atoms with Gasteiger partial charge in [-0.15, -0.1) is 0 Å². The summed E-state index contributed by atoms with van der Waals surface area (Å²) in [5, 5.41) is 14.3. The van der Waals surface area contributed by atoms with Gasteiger partial charge >= 0.3 is 0 Å². The smallest absolute Gasteiger partial charge is 0.175 e. The van der Waals surface area contributed by atoms with E-state index in [1.165, 1.54) is 6.33 Å². The summed E-state index contributed by atoms with van der Waals surface area (Å²) in [5.74, 6) is 1.99. The molecule has 3 rings (SSSR count). The van der Waals surface area contributed by atoms with E-state index in [1.807, 2.05) is 6.92 Å². The van der Waals surface area contributed by atoms with Gasteiger partial charge < -0.3 is 9.84 Å². The number of aromatic amines is 1. The predicted octanol–water partition coefficient (Wildman–Crippen LogP) is 1.39. The number of hydrogen-bond donors (Lipinski definition) is 2. The van der Waals surface area contributed by atoms with E-state index in [9.17, 15) is 0 Å². The third-order valence-corrected chi connectivity index (χ3v) is 2.12. The average molecular weight is 216 g/mol. The highest BCUT2D eigenvalue weighted by molar-refractivity contribution is 5.87. The van der Waals surface area contributed by atoms with Gasteiger partial charge in [0.1, 0.15) is 17.9 Å². The van der Waals surface area contributed by atoms with Gasteiger partial charge in [-0.3, -0.25) is 5.10 Å². The molecule has 2 N–H and O–H groups in total. The van der Waals surface area contributed by atoms with E-state index in [0.29, 0.717) is 17.3 Å². The highest BCUT2D eigenvalue weighted by Gasteiger charge is 2.07. The summed E-state index contributed by atoms with van der Waals surface area (Å²) in [5.41, 5.74) is 0.678.